The monoisotopic (exact) mass is 263 g/mol. The van der Waals surface area contributed by atoms with Crippen LogP contribution >= 0.6 is 11.6 Å². The van der Waals surface area contributed by atoms with Crippen molar-refractivity contribution >= 4 is 11.6 Å². The number of hydrogen-bond donors (Lipinski definition) is 2. The van der Waals surface area contributed by atoms with E-state index in [9.17, 15) is 13.9 Å². The molecule has 0 aromatic heterocycles. The zero-order valence-electron chi connectivity index (χ0n) is 8.87. The molecule has 0 spiro atoms. The topological polar surface area (TPSA) is 55.5 Å². The first kappa shape index (κ1) is 12.5. The van der Waals surface area contributed by atoms with Crippen LogP contribution in [-0.4, -0.2) is 17.8 Å². The van der Waals surface area contributed by atoms with E-state index in [4.69, 9.17) is 17.3 Å². The first-order valence-corrected chi connectivity index (χ1v) is 5.50. The van der Waals surface area contributed by atoms with Crippen molar-refractivity contribution in [2.24, 2.45) is 5.73 Å². The van der Waals surface area contributed by atoms with E-state index in [1.165, 1.54) is 18.2 Å². The second-order valence-corrected chi connectivity index (χ2v) is 4.67. The molecule has 3 N–H and O–H groups in total. The summed E-state index contributed by atoms with van der Waals surface area (Å²) in [6.07, 6.45) is 0.123. The summed E-state index contributed by atoms with van der Waals surface area (Å²) in [5.74, 6) is 0.0128. The van der Waals surface area contributed by atoms with Crippen molar-refractivity contribution in [3.63, 3.8) is 0 Å². The number of nitrogens with two attached hydrogens (primary N) is 1. The van der Waals surface area contributed by atoms with Gasteiger partial charge < -0.3 is 15.6 Å². The molecular formula is C11H12ClF2NO2. The van der Waals surface area contributed by atoms with Crippen LogP contribution in [-0.2, 0) is 5.54 Å². The van der Waals surface area contributed by atoms with Crippen molar-refractivity contribution in [2.75, 3.05) is 0 Å². The van der Waals surface area contributed by atoms with E-state index in [1.807, 2.05) is 0 Å². The normalized spacial score (nSPS) is 28.0. The molecule has 1 aliphatic carbocycles. The summed E-state index contributed by atoms with van der Waals surface area (Å²) in [6.45, 7) is -2.91. The molecule has 2 rings (SSSR count). The molecule has 94 valence electrons. The van der Waals surface area contributed by atoms with Crippen LogP contribution in [0.2, 0.25) is 5.02 Å². The van der Waals surface area contributed by atoms with Crippen LogP contribution in [0.5, 0.6) is 5.75 Å². The number of aliphatic hydroxyl groups is 1. The Bertz CT molecular complexity index is 422. The highest BCUT2D eigenvalue weighted by atomic mass is 35.5. The number of halogens is 3. The fourth-order valence-corrected chi connectivity index (χ4v) is 2.26. The molecule has 0 saturated heterocycles. The smallest absolute Gasteiger partial charge is 0.387 e. The minimum absolute atomic E-state index is 0.0128. The summed E-state index contributed by atoms with van der Waals surface area (Å²) in [5.41, 5.74) is 5.59. The zero-order valence-corrected chi connectivity index (χ0v) is 9.62. The van der Waals surface area contributed by atoms with Crippen LogP contribution < -0.4 is 10.5 Å². The number of hydrogen-bond acceptors (Lipinski definition) is 3. The van der Waals surface area contributed by atoms with E-state index in [2.05, 4.69) is 4.74 Å². The Hall–Kier alpha value is -0.910. The van der Waals surface area contributed by atoms with Gasteiger partial charge in [0.15, 0.2) is 0 Å². The average molecular weight is 264 g/mol. The molecule has 1 fully saturated rings. The quantitative estimate of drug-likeness (QED) is 0.879. The lowest BCUT2D eigenvalue weighted by molar-refractivity contribution is -0.0531. The van der Waals surface area contributed by atoms with Gasteiger partial charge in [-0.25, -0.2) is 0 Å². The second kappa shape index (κ2) is 4.40. The lowest BCUT2D eigenvalue weighted by Gasteiger charge is -2.43. The summed E-state index contributed by atoms with van der Waals surface area (Å²) in [5, 5.41) is 9.68. The van der Waals surface area contributed by atoms with Gasteiger partial charge in [0.25, 0.3) is 0 Å². The predicted octanol–water partition coefficient (Wildman–Crippen LogP) is 2.25. The Kier molecular flexibility index (Phi) is 3.25. The van der Waals surface area contributed by atoms with Gasteiger partial charge in [0, 0.05) is 16.1 Å². The minimum Gasteiger partial charge on any atom is -0.434 e. The van der Waals surface area contributed by atoms with Crippen molar-refractivity contribution in [3.8, 4) is 5.75 Å². The molecule has 0 amide bonds. The van der Waals surface area contributed by atoms with E-state index in [-0.39, 0.29) is 5.75 Å². The predicted molar refractivity (Wildman–Crippen MR) is 59.2 cm³/mol. The number of alkyl halides is 2. The van der Waals surface area contributed by atoms with Gasteiger partial charge in [-0.2, -0.15) is 8.78 Å². The van der Waals surface area contributed by atoms with Crippen molar-refractivity contribution in [1.29, 1.82) is 0 Å². The van der Waals surface area contributed by atoms with Crippen LogP contribution in [0.25, 0.3) is 0 Å². The highest BCUT2D eigenvalue weighted by Crippen LogP contribution is 2.44. The standard InChI is InChI=1S/C11H12ClF2NO2/c12-6-1-2-9(17-10(13)14)8(3-6)11(15)4-7(16)5-11/h1-3,7,10,16H,4-5,15H2. The molecule has 0 atom stereocenters. The van der Waals surface area contributed by atoms with Crippen LogP contribution in [0.1, 0.15) is 18.4 Å². The Labute approximate surface area is 102 Å². The molecule has 1 aromatic rings. The maximum atomic E-state index is 12.2. The van der Waals surface area contributed by atoms with E-state index in [0.717, 1.165) is 0 Å². The zero-order chi connectivity index (χ0) is 12.6. The Morgan fingerprint density at radius 1 is 1.47 bits per heavy atom. The van der Waals surface area contributed by atoms with Crippen LogP contribution in [0.15, 0.2) is 18.2 Å². The van der Waals surface area contributed by atoms with E-state index in [1.54, 1.807) is 0 Å². The SMILES string of the molecule is NC1(c2cc(Cl)ccc2OC(F)F)CC(O)C1. The van der Waals surface area contributed by atoms with Gasteiger partial charge in [0.1, 0.15) is 5.75 Å². The van der Waals surface area contributed by atoms with Crippen molar-refractivity contribution in [2.45, 2.75) is 31.1 Å². The Morgan fingerprint density at radius 2 is 2.12 bits per heavy atom. The van der Waals surface area contributed by atoms with Gasteiger partial charge in [0.05, 0.1) is 6.10 Å². The molecule has 0 heterocycles. The number of ether oxygens (including phenoxy) is 1. The lowest BCUT2D eigenvalue weighted by Crippen LogP contribution is -2.51. The molecule has 1 aromatic carbocycles. The summed E-state index contributed by atoms with van der Waals surface area (Å²) in [4.78, 5) is 0. The molecule has 0 radical (unpaired) electrons. The maximum Gasteiger partial charge on any atom is 0.387 e. The van der Waals surface area contributed by atoms with Gasteiger partial charge >= 0.3 is 6.61 Å². The number of rotatable bonds is 3. The molecule has 0 bridgehead atoms. The molecule has 1 saturated carbocycles. The van der Waals surface area contributed by atoms with E-state index in [0.29, 0.717) is 23.4 Å². The average Bonchev–Trinajstić information content (AvgIpc) is 2.18. The lowest BCUT2D eigenvalue weighted by atomic mass is 9.70. The molecule has 3 nitrogen and oxygen atoms in total. The van der Waals surface area contributed by atoms with Gasteiger partial charge in [-0.1, -0.05) is 11.6 Å². The van der Waals surface area contributed by atoms with E-state index >= 15 is 0 Å². The first-order chi connectivity index (χ1) is 7.90. The van der Waals surface area contributed by atoms with Gasteiger partial charge in [-0.3, -0.25) is 0 Å². The third kappa shape index (κ3) is 2.51. The van der Waals surface area contributed by atoms with E-state index < -0.39 is 18.3 Å². The largest absolute Gasteiger partial charge is 0.434 e. The second-order valence-electron chi connectivity index (χ2n) is 4.24. The van der Waals surface area contributed by atoms with Gasteiger partial charge in [0.2, 0.25) is 0 Å². The minimum atomic E-state index is -2.91. The van der Waals surface area contributed by atoms with Crippen molar-refractivity contribution in [3.05, 3.63) is 28.8 Å². The highest BCUT2D eigenvalue weighted by molar-refractivity contribution is 6.30. The van der Waals surface area contributed by atoms with Gasteiger partial charge in [-0.05, 0) is 31.0 Å². The summed E-state index contributed by atoms with van der Waals surface area (Å²) in [7, 11) is 0. The van der Waals surface area contributed by atoms with Crippen LogP contribution in [0.4, 0.5) is 8.78 Å². The molecule has 0 aliphatic heterocycles. The van der Waals surface area contributed by atoms with Crippen LogP contribution in [0.3, 0.4) is 0 Å². The maximum absolute atomic E-state index is 12.2. The molecule has 17 heavy (non-hydrogen) atoms. The van der Waals surface area contributed by atoms with Crippen LogP contribution in [0, 0.1) is 0 Å². The third-order valence-corrected chi connectivity index (χ3v) is 3.13. The third-order valence-electron chi connectivity index (χ3n) is 2.89. The molecule has 6 heteroatoms. The Morgan fingerprint density at radius 3 is 2.65 bits per heavy atom. The molecule has 0 unspecified atom stereocenters. The summed E-state index contributed by atoms with van der Waals surface area (Å²) >= 11 is 5.82. The Balaban J connectivity index is 2.33. The van der Waals surface area contributed by atoms with Gasteiger partial charge in [-0.15, -0.1) is 0 Å². The fraction of sp³-hybridized carbons (Fsp3) is 0.455. The summed E-state index contributed by atoms with van der Waals surface area (Å²) < 4.78 is 28.9. The number of aliphatic hydroxyl groups excluding tert-OH is 1. The number of benzene rings is 1. The first-order valence-electron chi connectivity index (χ1n) is 5.12. The molecular weight excluding hydrogens is 252 g/mol. The molecule has 1 aliphatic rings. The highest BCUT2D eigenvalue weighted by Gasteiger charge is 2.43. The summed E-state index contributed by atoms with van der Waals surface area (Å²) in [6, 6.07) is 4.33. The van der Waals surface area contributed by atoms with Crippen molar-refractivity contribution < 1.29 is 18.6 Å². The fourth-order valence-electron chi connectivity index (χ4n) is 2.09. The van der Waals surface area contributed by atoms with Crippen molar-refractivity contribution in [1.82, 2.24) is 0 Å².